The summed E-state index contributed by atoms with van der Waals surface area (Å²) in [5.74, 6) is -0.444. The fourth-order valence-corrected chi connectivity index (χ4v) is 4.88. The van der Waals surface area contributed by atoms with Gasteiger partial charge in [-0.15, -0.1) is 11.3 Å². The summed E-state index contributed by atoms with van der Waals surface area (Å²) in [6.45, 7) is 3.26. The minimum absolute atomic E-state index is 0.114. The minimum atomic E-state index is -1.19. The zero-order valence-corrected chi connectivity index (χ0v) is 16.1. The number of nitrogens with one attached hydrogen (secondary N) is 1. The van der Waals surface area contributed by atoms with Crippen LogP contribution >= 0.6 is 11.3 Å². The molecule has 0 bridgehead atoms. The Morgan fingerprint density at radius 3 is 2.96 bits per heavy atom. The van der Waals surface area contributed by atoms with Crippen molar-refractivity contribution < 1.29 is 19.3 Å². The summed E-state index contributed by atoms with van der Waals surface area (Å²) in [5, 5.41) is 15.2. The molecule has 2 aliphatic heterocycles. The summed E-state index contributed by atoms with van der Waals surface area (Å²) in [4.78, 5) is 28.1. The van der Waals surface area contributed by atoms with Crippen LogP contribution in [0, 0.1) is 0 Å². The summed E-state index contributed by atoms with van der Waals surface area (Å²) >= 11 is 1.61. The van der Waals surface area contributed by atoms with E-state index in [4.69, 9.17) is 4.65 Å². The second-order valence-corrected chi connectivity index (χ2v) is 8.15. The number of Topliss-reactive ketones (excluding diaryl/α,β-unsaturated/α-hetero) is 1. The lowest BCUT2D eigenvalue weighted by Crippen LogP contribution is -2.53. The van der Waals surface area contributed by atoms with E-state index in [1.54, 1.807) is 23.5 Å². The molecule has 1 amide bonds. The van der Waals surface area contributed by atoms with E-state index in [1.807, 2.05) is 11.4 Å². The third-order valence-electron chi connectivity index (χ3n) is 5.20. The van der Waals surface area contributed by atoms with Crippen molar-refractivity contribution in [2.24, 2.45) is 0 Å². The number of rotatable bonds is 3. The Morgan fingerprint density at radius 2 is 2.19 bits per heavy atom. The normalized spacial score (nSPS) is 19.1. The van der Waals surface area contributed by atoms with Crippen LogP contribution in [0.15, 0.2) is 23.6 Å². The van der Waals surface area contributed by atoms with Gasteiger partial charge in [-0.25, -0.2) is 0 Å². The van der Waals surface area contributed by atoms with E-state index in [2.05, 4.69) is 17.3 Å². The van der Waals surface area contributed by atoms with Gasteiger partial charge in [0.2, 0.25) is 0 Å². The Balaban J connectivity index is 1.53. The number of amides is 1. The van der Waals surface area contributed by atoms with Crippen molar-refractivity contribution in [1.82, 2.24) is 10.2 Å². The van der Waals surface area contributed by atoms with Crippen molar-refractivity contribution in [3.05, 3.63) is 50.7 Å². The third kappa shape index (κ3) is 3.40. The van der Waals surface area contributed by atoms with Crippen molar-refractivity contribution in [2.45, 2.75) is 32.3 Å². The summed E-state index contributed by atoms with van der Waals surface area (Å²) in [6.07, 6.45) is 1.27. The first kappa shape index (κ1) is 18.2. The van der Waals surface area contributed by atoms with Gasteiger partial charge < -0.3 is 19.9 Å². The van der Waals surface area contributed by atoms with E-state index >= 15 is 0 Å². The van der Waals surface area contributed by atoms with Gasteiger partial charge in [0.25, 0.3) is 5.91 Å². The Kier molecular flexibility index (Phi) is 4.80. The summed E-state index contributed by atoms with van der Waals surface area (Å²) in [6, 6.07) is 5.33. The molecule has 6 nitrogen and oxygen atoms in total. The van der Waals surface area contributed by atoms with Crippen LogP contribution in [0.2, 0.25) is 0 Å². The number of likely N-dealkylation sites (N-methyl/N-ethyl adjacent to an activating group) is 1. The van der Waals surface area contributed by atoms with Gasteiger partial charge >= 0.3 is 7.12 Å². The number of para-hydroxylation sites is 1. The average Bonchev–Trinajstić information content (AvgIpc) is 3.04. The monoisotopic (exact) mass is 384 g/mol. The quantitative estimate of drug-likeness (QED) is 0.622. The molecular formula is C19H21BN2O4S. The molecule has 8 heteroatoms. The van der Waals surface area contributed by atoms with Crippen LogP contribution in [0.4, 0.5) is 0 Å². The average molecular weight is 384 g/mol. The number of fused-ring (bicyclic) bond motifs is 2. The highest BCUT2D eigenvalue weighted by Crippen LogP contribution is 2.31. The molecule has 1 atom stereocenters. The first-order chi connectivity index (χ1) is 12.9. The van der Waals surface area contributed by atoms with E-state index in [9.17, 15) is 14.6 Å². The molecule has 1 aromatic heterocycles. The van der Waals surface area contributed by atoms with Crippen LogP contribution in [-0.2, 0) is 19.4 Å². The van der Waals surface area contributed by atoms with Crippen molar-refractivity contribution in [3.63, 3.8) is 0 Å². The van der Waals surface area contributed by atoms with Crippen LogP contribution < -0.4 is 9.97 Å². The van der Waals surface area contributed by atoms with Crippen molar-refractivity contribution in [2.75, 3.05) is 13.6 Å². The van der Waals surface area contributed by atoms with Gasteiger partial charge in [0.05, 0.1) is 17.1 Å². The highest BCUT2D eigenvalue weighted by molar-refractivity contribution is 7.10. The lowest BCUT2D eigenvalue weighted by Gasteiger charge is -2.29. The minimum Gasteiger partial charge on any atom is -0.534 e. The van der Waals surface area contributed by atoms with Crippen LogP contribution in [-0.4, -0.2) is 48.3 Å². The molecule has 3 heterocycles. The van der Waals surface area contributed by atoms with Gasteiger partial charge in [0.15, 0.2) is 5.78 Å². The van der Waals surface area contributed by atoms with E-state index < -0.39 is 13.1 Å². The zero-order valence-electron chi connectivity index (χ0n) is 15.3. The first-order valence-corrected chi connectivity index (χ1v) is 9.88. The molecular weight excluding hydrogens is 363 g/mol. The zero-order chi connectivity index (χ0) is 19.1. The standard InChI is InChI=1S/C19H21BN2O4S/c1-11(23)13-5-3-4-12-8-17(20(25)26-18(12)13)21-19(24)15-10-27-16-9-22(2)7-6-14(15)16/h3-5,10,17,25H,6-9H2,1-2H3,(H,21,24)/t17-/m0/s1. The summed E-state index contributed by atoms with van der Waals surface area (Å²) < 4.78 is 5.60. The maximum Gasteiger partial charge on any atom is 0.547 e. The SMILES string of the molecule is CC(=O)c1cccc2c1OB(O)[C@@H](NC(=O)c1csc3c1CCN(C)C3)C2. The van der Waals surface area contributed by atoms with Crippen molar-refractivity contribution >= 4 is 30.1 Å². The summed E-state index contributed by atoms with van der Waals surface area (Å²) in [5.41, 5.74) is 3.07. The molecule has 2 N–H and O–H groups in total. The number of ketones is 1. The predicted molar refractivity (Wildman–Crippen MR) is 104 cm³/mol. The number of hydrogen-bond donors (Lipinski definition) is 2. The number of nitrogens with zero attached hydrogens (tertiary/aromatic N) is 1. The third-order valence-corrected chi connectivity index (χ3v) is 6.21. The Bertz CT molecular complexity index is 913. The van der Waals surface area contributed by atoms with Crippen LogP contribution in [0.5, 0.6) is 5.75 Å². The van der Waals surface area contributed by atoms with E-state index in [0.29, 0.717) is 23.3 Å². The first-order valence-electron chi connectivity index (χ1n) is 9.00. The molecule has 0 aliphatic carbocycles. The molecule has 0 unspecified atom stereocenters. The highest BCUT2D eigenvalue weighted by Gasteiger charge is 2.38. The second-order valence-electron chi connectivity index (χ2n) is 7.18. The lowest BCUT2D eigenvalue weighted by molar-refractivity contribution is 0.0937. The van der Waals surface area contributed by atoms with Gasteiger partial charge in [-0.05, 0) is 44.0 Å². The Labute approximate surface area is 162 Å². The van der Waals surface area contributed by atoms with E-state index in [1.165, 1.54) is 11.8 Å². The Hall–Kier alpha value is -2.16. The van der Waals surface area contributed by atoms with Gasteiger partial charge in [-0.3, -0.25) is 9.59 Å². The van der Waals surface area contributed by atoms with Crippen LogP contribution in [0.1, 0.15) is 43.6 Å². The van der Waals surface area contributed by atoms with Gasteiger partial charge in [0.1, 0.15) is 5.75 Å². The number of benzene rings is 1. The fourth-order valence-electron chi connectivity index (χ4n) is 3.72. The van der Waals surface area contributed by atoms with Crippen molar-refractivity contribution in [1.29, 1.82) is 0 Å². The molecule has 1 aromatic carbocycles. The smallest absolute Gasteiger partial charge is 0.534 e. The Morgan fingerprint density at radius 1 is 1.37 bits per heavy atom. The maximum atomic E-state index is 12.8. The predicted octanol–water partition coefficient (Wildman–Crippen LogP) is 1.69. The molecule has 0 saturated heterocycles. The molecule has 0 saturated carbocycles. The van der Waals surface area contributed by atoms with Gasteiger partial charge in [-0.2, -0.15) is 0 Å². The number of hydrogen-bond acceptors (Lipinski definition) is 6. The largest absolute Gasteiger partial charge is 0.547 e. The van der Waals surface area contributed by atoms with Gasteiger partial charge in [0, 0.05) is 23.3 Å². The van der Waals surface area contributed by atoms with E-state index in [-0.39, 0.29) is 11.7 Å². The highest BCUT2D eigenvalue weighted by atomic mass is 32.1. The lowest BCUT2D eigenvalue weighted by atomic mass is 9.72. The molecule has 2 aliphatic rings. The number of carbonyl (C=O) groups excluding carboxylic acids is 2. The number of carbonyl (C=O) groups is 2. The van der Waals surface area contributed by atoms with Crippen LogP contribution in [0.25, 0.3) is 0 Å². The fraction of sp³-hybridized carbons (Fsp3) is 0.368. The van der Waals surface area contributed by atoms with E-state index in [0.717, 1.165) is 30.6 Å². The molecule has 0 fully saturated rings. The van der Waals surface area contributed by atoms with Crippen molar-refractivity contribution in [3.8, 4) is 5.75 Å². The molecule has 140 valence electrons. The molecule has 4 rings (SSSR count). The van der Waals surface area contributed by atoms with Crippen LogP contribution in [0.3, 0.4) is 0 Å². The molecule has 2 aromatic rings. The number of thiophene rings is 1. The molecule has 27 heavy (non-hydrogen) atoms. The molecule has 0 radical (unpaired) electrons. The maximum absolute atomic E-state index is 12.8. The molecule has 0 spiro atoms. The van der Waals surface area contributed by atoms with Gasteiger partial charge in [-0.1, -0.05) is 12.1 Å². The second kappa shape index (κ2) is 7.11. The topological polar surface area (TPSA) is 78.9 Å². The summed E-state index contributed by atoms with van der Waals surface area (Å²) in [7, 11) is 0.882.